The zero-order valence-electron chi connectivity index (χ0n) is 8.29. The summed E-state index contributed by atoms with van der Waals surface area (Å²) < 4.78 is 5.27. The van der Waals surface area contributed by atoms with E-state index in [0.29, 0.717) is 5.15 Å². The summed E-state index contributed by atoms with van der Waals surface area (Å²) in [5, 5.41) is 4.51. The molecule has 3 nitrogen and oxygen atoms in total. The smallest absolute Gasteiger partial charge is 0.162 e. The van der Waals surface area contributed by atoms with Gasteiger partial charge in [0, 0.05) is 4.88 Å². The Morgan fingerprint density at radius 3 is 3.13 bits per heavy atom. The van der Waals surface area contributed by atoms with Gasteiger partial charge in [0.25, 0.3) is 0 Å². The molecule has 0 saturated carbocycles. The third-order valence-corrected chi connectivity index (χ3v) is 3.54. The van der Waals surface area contributed by atoms with Crippen molar-refractivity contribution < 1.29 is 4.42 Å². The van der Waals surface area contributed by atoms with E-state index in [1.54, 1.807) is 17.6 Å². The highest BCUT2D eigenvalue weighted by atomic mass is 35.5. The van der Waals surface area contributed by atoms with Gasteiger partial charge in [-0.15, -0.1) is 11.3 Å². The van der Waals surface area contributed by atoms with Crippen molar-refractivity contribution >= 4 is 22.9 Å². The van der Waals surface area contributed by atoms with Crippen LogP contribution >= 0.6 is 22.9 Å². The Bertz CT molecular complexity index is 425. The fourth-order valence-corrected chi connectivity index (χ4v) is 2.50. The van der Waals surface area contributed by atoms with E-state index in [-0.39, 0.29) is 0 Å². The summed E-state index contributed by atoms with van der Waals surface area (Å²) in [5.41, 5.74) is 0. The molecule has 15 heavy (non-hydrogen) atoms. The Labute approximate surface area is 97.1 Å². The van der Waals surface area contributed by atoms with Crippen molar-refractivity contribution in [3.05, 3.63) is 28.4 Å². The van der Waals surface area contributed by atoms with E-state index >= 15 is 0 Å². The fraction of sp³-hybridized carbons (Fsp3) is 0.300. The molecule has 2 heterocycles. The third-order valence-electron chi connectivity index (χ3n) is 1.98. The number of nitrogens with zero attached hydrogens (tertiary/aromatic N) is 1. The molecule has 0 aliphatic rings. The first kappa shape index (κ1) is 10.7. The minimum absolute atomic E-state index is 0.585. The van der Waals surface area contributed by atoms with Gasteiger partial charge in [0.2, 0.25) is 0 Å². The van der Waals surface area contributed by atoms with Crippen molar-refractivity contribution in [2.45, 2.75) is 6.42 Å². The maximum Gasteiger partial charge on any atom is 0.162 e. The van der Waals surface area contributed by atoms with Gasteiger partial charge in [-0.1, -0.05) is 11.6 Å². The van der Waals surface area contributed by atoms with Crippen molar-refractivity contribution in [1.29, 1.82) is 0 Å². The van der Waals surface area contributed by atoms with E-state index in [1.807, 2.05) is 19.2 Å². The summed E-state index contributed by atoms with van der Waals surface area (Å²) in [6, 6.07) is 3.73. The largest absolute Gasteiger partial charge is 0.462 e. The van der Waals surface area contributed by atoms with Gasteiger partial charge in [0.1, 0.15) is 5.15 Å². The molecule has 0 aliphatic carbocycles. The first-order chi connectivity index (χ1) is 7.31. The quantitative estimate of drug-likeness (QED) is 0.896. The second kappa shape index (κ2) is 4.79. The molecule has 0 radical (unpaired) electrons. The van der Waals surface area contributed by atoms with Crippen molar-refractivity contribution in [2.24, 2.45) is 0 Å². The predicted molar refractivity (Wildman–Crippen MR) is 62.5 cm³/mol. The van der Waals surface area contributed by atoms with Crippen LogP contribution in [0.4, 0.5) is 0 Å². The van der Waals surface area contributed by atoms with Crippen molar-refractivity contribution in [3.63, 3.8) is 0 Å². The highest BCUT2D eigenvalue weighted by Gasteiger charge is 2.11. The minimum atomic E-state index is 0.585. The Hall–Kier alpha value is -0.840. The molecular weight excluding hydrogens is 232 g/mol. The molecule has 0 unspecified atom stereocenters. The summed E-state index contributed by atoms with van der Waals surface area (Å²) in [7, 11) is 1.92. The molecule has 5 heteroatoms. The van der Waals surface area contributed by atoms with Crippen LogP contribution in [0.3, 0.4) is 0 Å². The monoisotopic (exact) mass is 242 g/mol. The number of furan rings is 1. The van der Waals surface area contributed by atoms with Crippen LogP contribution in [0.25, 0.3) is 10.8 Å². The van der Waals surface area contributed by atoms with Crippen LogP contribution in [-0.4, -0.2) is 18.6 Å². The first-order valence-corrected chi connectivity index (χ1v) is 5.84. The van der Waals surface area contributed by atoms with Crippen LogP contribution in [0, 0.1) is 0 Å². The molecule has 2 aromatic rings. The second-order valence-corrected chi connectivity index (χ2v) is 4.51. The van der Waals surface area contributed by atoms with Crippen LogP contribution < -0.4 is 5.32 Å². The van der Waals surface area contributed by atoms with E-state index in [2.05, 4.69) is 10.3 Å². The number of aromatic nitrogens is 1. The average Bonchev–Trinajstić information content (AvgIpc) is 2.83. The Balaban J connectivity index is 2.21. The van der Waals surface area contributed by atoms with E-state index in [0.717, 1.165) is 28.6 Å². The highest BCUT2D eigenvalue weighted by Crippen LogP contribution is 2.31. The fourth-order valence-electron chi connectivity index (χ4n) is 1.23. The zero-order valence-corrected chi connectivity index (χ0v) is 9.86. The molecule has 0 aromatic carbocycles. The normalized spacial score (nSPS) is 10.8. The van der Waals surface area contributed by atoms with Crippen LogP contribution in [0.1, 0.15) is 4.88 Å². The lowest BCUT2D eigenvalue weighted by molar-refractivity contribution is 0.582. The number of nitrogens with one attached hydrogen (secondary N) is 1. The number of hydrogen-bond acceptors (Lipinski definition) is 4. The van der Waals surface area contributed by atoms with Gasteiger partial charge in [0.05, 0.1) is 6.26 Å². The van der Waals surface area contributed by atoms with Gasteiger partial charge in [-0.25, -0.2) is 4.98 Å². The highest BCUT2D eigenvalue weighted by molar-refractivity contribution is 7.15. The second-order valence-electron chi connectivity index (χ2n) is 3.06. The Kier molecular flexibility index (Phi) is 3.41. The molecule has 0 fully saturated rings. The summed E-state index contributed by atoms with van der Waals surface area (Å²) in [4.78, 5) is 5.36. The number of halogens is 1. The molecule has 1 N–H and O–H groups in total. The van der Waals surface area contributed by atoms with Gasteiger partial charge < -0.3 is 9.73 Å². The van der Waals surface area contributed by atoms with Gasteiger partial charge in [0.15, 0.2) is 10.8 Å². The zero-order chi connectivity index (χ0) is 10.7. The summed E-state index contributed by atoms with van der Waals surface area (Å²) in [5.74, 6) is 0.776. The number of thiazole rings is 1. The summed E-state index contributed by atoms with van der Waals surface area (Å²) in [6.45, 7) is 0.902. The molecular formula is C10H11ClN2OS. The molecule has 0 aliphatic heterocycles. The van der Waals surface area contributed by atoms with Gasteiger partial charge in [-0.3, -0.25) is 0 Å². The lowest BCUT2D eigenvalue weighted by atomic mass is 10.4. The SMILES string of the molecule is CNCCc1sc(-c2ccco2)nc1Cl. The summed E-state index contributed by atoms with van der Waals surface area (Å²) >= 11 is 7.61. The van der Waals surface area contributed by atoms with Crippen molar-refractivity contribution in [1.82, 2.24) is 10.3 Å². The van der Waals surface area contributed by atoms with Gasteiger partial charge in [-0.05, 0) is 32.1 Å². The number of likely N-dealkylation sites (N-methyl/N-ethyl adjacent to an activating group) is 1. The Morgan fingerprint density at radius 1 is 1.60 bits per heavy atom. The molecule has 2 aromatic heterocycles. The molecule has 80 valence electrons. The van der Waals surface area contributed by atoms with Crippen molar-refractivity contribution in [3.8, 4) is 10.8 Å². The molecule has 0 amide bonds. The maximum atomic E-state index is 6.03. The lowest BCUT2D eigenvalue weighted by Gasteiger charge is -1.94. The molecule has 2 rings (SSSR count). The predicted octanol–water partition coefficient (Wildman–Crippen LogP) is 2.82. The van der Waals surface area contributed by atoms with E-state index < -0.39 is 0 Å². The van der Waals surface area contributed by atoms with Crippen LogP contribution in [0.15, 0.2) is 22.8 Å². The molecule has 0 saturated heterocycles. The average molecular weight is 243 g/mol. The van der Waals surface area contributed by atoms with E-state index in [4.69, 9.17) is 16.0 Å². The topological polar surface area (TPSA) is 38.1 Å². The van der Waals surface area contributed by atoms with E-state index in [9.17, 15) is 0 Å². The molecule has 0 atom stereocenters. The third kappa shape index (κ3) is 2.40. The van der Waals surface area contributed by atoms with E-state index in [1.165, 1.54) is 0 Å². The molecule has 0 bridgehead atoms. The molecule has 0 spiro atoms. The van der Waals surface area contributed by atoms with Crippen LogP contribution in [0.5, 0.6) is 0 Å². The van der Waals surface area contributed by atoms with Crippen molar-refractivity contribution in [2.75, 3.05) is 13.6 Å². The maximum absolute atomic E-state index is 6.03. The first-order valence-electron chi connectivity index (χ1n) is 4.65. The van der Waals surface area contributed by atoms with Crippen LogP contribution in [-0.2, 0) is 6.42 Å². The standard InChI is InChI=1S/C10H11ClN2OS/c1-12-5-4-8-9(11)13-10(15-8)7-3-2-6-14-7/h2-3,6,12H,4-5H2,1H3. The number of rotatable bonds is 4. The minimum Gasteiger partial charge on any atom is -0.462 e. The Morgan fingerprint density at radius 2 is 2.47 bits per heavy atom. The van der Waals surface area contributed by atoms with Gasteiger partial charge >= 0.3 is 0 Å². The van der Waals surface area contributed by atoms with Gasteiger partial charge in [-0.2, -0.15) is 0 Å². The summed E-state index contributed by atoms with van der Waals surface area (Å²) in [6.07, 6.45) is 2.53. The lowest BCUT2D eigenvalue weighted by Crippen LogP contribution is -2.09. The van der Waals surface area contributed by atoms with Crippen LogP contribution in [0.2, 0.25) is 5.15 Å². The number of hydrogen-bond donors (Lipinski definition) is 1.